The van der Waals surface area contributed by atoms with E-state index < -0.39 is 5.82 Å². The average molecular weight is 379 g/mol. The molecule has 0 saturated carbocycles. The summed E-state index contributed by atoms with van der Waals surface area (Å²) in [6, 6.07) is 12.6. The molecule has 2 heterocycles. The highest BCUT2D eigenvalue weighted by molar-refractivity contribution is 5.81. The Morgan fingerprint density at radius 2 is 1.71 bits per heavy atom. The maximum Gasteiger partial charge on any atom is 0.239 e. The second-order valence-electron chi connectivity index (χ2n) is 6.37. The largest absolute Gasteiger partial charge is 0.381 e. The van der Waals surface area contributed by atoms with Crippen LogP contribution in [0.4, 0.5) is 27.4 Å². The number of anilines is 4. The molecule has 8 nitrogen and oxygen atoms in total. The normalized spacial score (nSPS) is 11.0. The highest BCUT2D eigenvalue weighted by Gasteiger charge is 2.18. The quantitative estimate of drug-likeness (QED) is 0.400. The van der Waals surface area contributed by atoms with Crippen molar-refractivity contribution in [2.75, 3.05) is 16.5 Å². The van der Waals surface area contributed by atoms with E-state index in [4.69, 9.17) is 5.73 Å². The number of imidazole rings is 1. The van der Waals surface area contributed by atoms with Gasteiger partial charge in [0.1, 0.15) is 5.82 Å². The van der Waals surface area contributed by atoms with Gasteiger partial charge in [0, 0.05) is 5.69 Å². The van der Waals surface area contributed by atoms with Crippen LogP contribution < -0.4 is 16.5 Å². The third kappa shape index (κ3) is 3.08. The Hall–Kier alpha value is -3.72. The molecule has 0 atom stereocenters. The Kier molecular flexibility index (Phi) is 4.28. The van der Waals surface area contributed by atoms with Gasteiger partial charge in [-0.2, -0.15) is 14.4 Å². The SMILES string of the molecule is Cc1ccc(Nc2nc(-n3c(C)nc4ccc(NO)cc43)nc(N)c2F)cc1. The Bertz CT molecular complexity index is 1170. The molecule has 2 aromatic heterocycles. The highest BCUT2D eigenvalue weighted by atomic mass is 19.1. The Morgan fingerprint density at radius 3 is 2.43 bits per heavy atom. The molecule has 5 N–H and O–H groups in total. The number of aromatic nitrogens is 4. The standard InChI is InChI=1S/C19H18FN7O/c1-10-3-5-12(6-4-10)23-18-16(20)17(21)24-19(25-18)27-11(2)22-14-8-7-13(26-28)9-15(14)27/h3-9,26,28H,1-2H3,(H3,21,23,24,25). The van der Waals surface area contributed by atoms with Gasteiger partial charge in [-0.05, 0) is 44.2 Å². The molecule has 0 fully saturated rings. The molecule has 0 aliphatic rings. The van der Waals surface area contributed by atoms with Crippen LogP contribution in [0.25, 0.3) is 17.0 Å². The van der Waals surface area contributed by atoms with Crippen LogP contribution in [0.1, 0.15) is 11.4 Å². The summed E-state index contributed by atoms with van der Waals surface area (Å²) in [4.78, 5) is 12.9. The summed E-state index contributed by atoms with van der Waals surface area (Å²) in [5.41, 5.74) is 11.5. The molecule has 0 amide bonds. The van der Waals surface area contributed by atoms with E-state index in [1.165, 1.54) is 0 Å². The first-order chi connectivity index (χ1) is 13.5. The van der Waals surface area contributed by atoms with Crippen LogP contribution in [0, 0.1) is 19.7 Å². The average Bonchev–Trinajstić information content (AvgIpc) is 3.01. The Morgan fingerprint density at radius 1 is 1.00 bits per heavy atom. The minimum absolute atomic E-state index is 0.0379. The molecule has 28 heavy (non-hydrogen) atoms. The van der Waals surface area contributed by atoms with Gasteiger partial charge >= 0.3 is 0 Å². The van der Waals surface area contributed by atoms with E-state index in [1.807, 2.05) is 31.2 Å². The molecular formula is C19H18FN7O. The van der Waals surface area contributed by atoms with Crippen LogP contribution in [0.5, 0.6) is 0 Å². The van der Waals surface area contributed by atoms with Crippen molar-refractivity contribution in [2.24, 2.45) is 0 Å². The molecule has 0 spiro atoms. The van der Waals surface area contributed by atoms with E-state index in [-0.39, 0.29) is 17.6 Å². The van der Waals surface area contributed by atoms with Gasteiger partial charge < -0.3 is 11.1 Å². The monoisotopic (exact) mass is 379 g/mol. The summed E-state index contributed by atoms with van der Waals surface area (Å²) >= 11 is 0. The molecule has 0 unspecified atom stereocenters. The van der Waals surface area contributed by atoms with Gasteiger partial charge in [-0.1, -0.05) is 17.7 Å². The number of aryl methyl sites for hydroxylation is 2. The van der Waals surface area contributed by atoms with Crippen molar-refractivity contribution in [1.82, 2.24) is 19.5 Å². The Balaban J connectivity index is 1.85. The lowest BCUT2D eigenvalue weighted by molar-refractivity contribution is 0.389. The predicted molar refractivity (Wildman–Crippen MR) is 106 cm³/mol. The number of fused-ring (bicyclic) bond motifs is 1. The fourth-order valence-corrected chi connectivity index (χ4v) is 2.93. The zero-order valence-electron chi connectivity index (χ0n) is 15.2. The molecule has 4 aromatic rings. The van der Waals surface area contributed by atoms with Gasteiger partial charge in [0.2, 0.25) is 11.8 Å². The number of nitrogens with two attached hydrogens (primary N) is 1. The smallest absolute Gasteiger partial charge is 0.239 e. The molecular weight excluding hydrogens is 361 g/mol. The van der Waals surface area contributed by atoms with E-state index in [1.54, 1.807) is 29.7 Å². The molecule has 0 bridgehead atoms. The molecule has 9 heteroatoms. The third-order valence-corrected chi connectivity index (χ3v) is 4.33. The summed E-state index contributed by atoms with van der Waals surface area (Å²) in [6.45, 7) is 3.75. The molecule has 0 aliphatic heterocycles. The van der Waals surface area contributed by atoms with Crippen LogP contribution in [-0.2, 0) is 0 Å². The number of nitrogens with one attached hydrogen (secondary N) is 2. The van der Waals surface area contributed by atoms with Crippen LogP contribution in [0.3, 0.4) is 0 Å². The summed E-state index contributed by atoms with van der Waals surface area (Å²) in [7, 11) is 0. The number of rotatable bonds is 4. The van der Waals surface area contributed by atoms with Crippen molar-refractivity contribution in [3.63, 3.8) is 0 Å². The summed E-state index contributed by atoms with van der Waals surface area (Å²) in [6.07, 6.45) is 0. The minimum atomic E-state index is -0.732. The molecule has 142 valence electrons. The molecule has 4 rings (SSSR count). The number of halogens is 1. The molecule has 0 radical (unpaired) electrons. The Labute approximate surface area is 159 Å². The predicted octanol–water partition coefficient (Wildman–Crippen LogP) is 3.70. The first-order valence-corrected chi connectivity index (χ1v) is 8.52. The van der Waals surface area contributed by atoms with E-state index in [0.29, 0.717) is 28.2 Å². The summed E-state index contributed by atoms with van der Waals surface area (Å²) in [5.74, 6) is -0.286. The van der Waals surface area contributed by atoms with Crippen LogP contribution in [-0.4, -0.2) is 24.7 Å². The minimum Gasteiger partial charge on any atom is -0.381 e. The van der Waals surface area contributed by atoms with Gasteiger partial charge in [0.05, 0.1) is 16.7 Å². The zero-order chi connectivity index (χ0) is 19.8. The van der Waals surface area contributed by atoms with Gasteiger partial charge in [-0.15, -0.1) is 0 Å². The summed E-state index contributed by atoms with van der Waals surface area (Å²) in [5, 5.41) is 12.1. The van der Waals surface area contributed by atoms with Crippen molar-refractivity contribution in [3.05, 3.63) is 59.7 Å². The molecule has 0 aliphatic carbocycles. The van der Waals surface area contributed by atoms with E-state index in [2.05, 4.69) is 25.7 Å². The maximum atomic E-state index is 14.5. The lowest BCUT2D eigenvalue weighted by Gasteiger charge is -2.12. The summed E-state index contributed by atoms with van der Waals surface area (Å²) < 4.78 is 16.2. The van der Waals surface area contributed by atoms with Crippen LogP contribution in [0.2, 0.25) is 0 Å². The van der Waals surface area contributed by atoms with E-state index in [0.717, 1.165) is 5.56 Å². The number of nitrogens with zero attached hydrogens (tertiary/aromatic N) is 4. The molecule has 2 aromatic carbocycles. The van der Waals surface area contributed by atoms with Crippen LogP contribution >= 0.6 is 0 Å². The van der Waals surface area contributed by atoms with Crippen molar-refractivity contribution in [2.45, 2.75) is 13.8 Å². The number of hydrogen-bond donors (Lipinski definition) is 4. The van der Waals surface area contributed by atoms with Crippen molar-refractivity contribution in [1.29, 1.82) is 0 Å². The van der Waals surface area contributed by atoms with E-state index >= 15 is 0 Å². The van der Waals surface area contributed by atoms with Gasteiger partial charge in [0.25, 0.3) is 0 Å². The van der Waals surface area contributed by atoms with Crippen molar-refractivity contribution in [3.8, 4) is 5.95 Å². The third-order valence-electron chi connectivity index (χ3n) is 4.33. The zero-order valence-corrected chi connectivity index (χ0v) is 15.2. The van der Waals surface area contributed by atoms with Crippen LogP contribution in [0.15, 0.2) is 42.5 Å². The first-order valence-electron chi connectivity index (χ1n) is 8.52. The topological polar surface area (TPSA) is 114 Å². The number of benzene rings is 2. The maximum absolute atomic E-state index is 14.5. The van der Waals surface area contributed by atoms with Gasteiger partial charge in [0.15, 0.2) is 11.6 Å². The van der Waals surface area contributed by atoms with Crippen molar-refractivity contribution >= 4 is 34.0 Å². The lowest BCUT2D eigenvalue weighted by Crippen LogP contribution is -2.10. The fourth-order valence-electron chi connectivity index (χ4n) is 2.93. The second-order valence-corrected chi connectivity index (χ2v) is 6.37. The fraction of sp³-hybridized carbons (Fsp3) is 0.105. The van der Waals surface area contributed by atoms with Gasteiger partial charge in [-0.25, -0.2) is 4.98 Å². The van der Waals surface area contributed by atoms with Gasteiger partial charge in [-0.3, -0.25) is 15.3 Å². The second kappa shape index (κ2) is 6.78. The lowest BCUT2D eigenvalue weighted by atomic mass is 10.2. The van der Waals surface area contributed by atoms with E-state index in [9.17, 15) is 9.60 Å². The molecule has 0 saturated heterocycles. The highest BCUT2D eigenvalue weighted by Crippen LogP contribution is 2.26. The number of nitrogen functional groups attached to an aromatic ring is 1. The number of hydrogen-bond acceptors (Lipinski definition) is 7. The first kappa shape index (κ1) is 17.7. The van der Waals surface area contributed by atoms with Crippen molar-refractivity contribution < 1.29 is 9.60 Å².